The Morgan fingerprint density at radius 1 is 1.44 bits per heavy atom. The highest BCUT2D eigenvalue weighted by Gasteiger charge is 1.96. The first kappa shape index (κ1) is 12.6. The molecule has 0 unspecified atom stereocenters. The van der Waals surface area contributed by atoms with Crippen molar-refractivity contribution in [2.24, 2.45) is 5.73 Å². The lowest BCUT2D eigenvalue weighted by Gasteiger charge is -2.03. The van der Waals surface area contributed by atoms with Crippen molar-refractivity contribution in [1.82, 2.24) is 0 Å². The Labute approximate surface area is 100 Å². The van der Waals surface area contributed by atoms with Gasteiger partial charge in [-0.2, -0.15) is 0 Å². The summed E-state index contributed by atoms with van der Waals surface area (Å²) in [6, 6.07) is 7.90. The second kappa shape index (κ2) is 6.23. The number of methoxy groups -OCH3 is 1. The Morgan fingerprint density at radius 3 is 2.56 bits per heavy atom. The highest BCUT2D eigenvalue weighted by atomic mass is 32.2. The van der Waals surface area contributed by atoms with Crippen LogP contribution < -0.4 is 10.5 Å². The maximum Gasteiger partial charge on any atom is 0.151 e. The van der Waals surface area contributed by atoms with Crippen LogP contribution in [0.3, 0.4) is 0 Å². The maximum atomic E-state index is 7.09. The molecule has 3 nitrogen and oxygen atoms in total. The normalized spacial score (nSPS) is 11.2. The third-order valence-electron chi connectivity index (χ3n) is 2.17. The molecule has 0 saturated heterocycles. The van der Waals surface area contributed by atoms with Crippen LogP contribution in [0, 0.1) is 5.41 Å². The molecule has 1 rings (SSSR count). The lowest BCUT2D eigenvalue weighted by atomic mass is 10.1. The highest BCUT2D eigenvalue weighted by molar-refractivity contribution is 8.13. The second-order valence-corrected chi connectivity index (χ2v) is 4.35. The summed E-state index contributed by atoms with van der Waals surface area (Å²) in [4.78, 5) is 0. The van der Waals surface area contributed by atoms with Crippen LogP contribution in [0.15, 0.2) is 30.3 Å². The molecule has 0 aliphatic heterocycles. The highest BCUT2D eigenvalue weighted by Crippen LogP contribution is 2.18. The summed E-state index contributed by atoms with van der Waals surface area (Å²) in [6.07, 6.45) is 2.06. The second-order valence-electron chi connectivity index (χ2n) is 3.29. The molecule has 0 atom stereocenters. The maximum absolute atomic E-state index is 7.09. The van der Waals surface area contributed by atoms with Gasteiger partial charge in [-0.3, -0.25) is 5.41 Å². The first-order valence-electron chi connectivity index (χ1n) is 4.91. The largest absolute Gasteiger partial charge is 0.497 e. The molecule has 0 saturated carbocycles. The zero-order valence-corrected chi connectivity index (χ0v) is 10.3. The monoisotopic (exact) mass is 236 g/mol. The number of allylic oxidation sites excluding steroid dienone is 1. The fourth-order valence-corrected chi connectivity index (χ4v) is 1.74. The van der Waals surface area contributed by atoms with Crippen molar-refractivity contribution in [3.63, 3.8) is 0 Å². The third kappa shape index (κ3) is 3.98. The molecule has 4 heteroatoms. The van der Waals surface area contributed by atoms with Gasteiger partial charge in [0.05, 0.1) is 7.11 Å². The third-order valence-corrected chi connectivity index (χ3v) is 2.82. The number of amidine groups is 1. The summed E-state index contributed by atoms with van der Waals surface area (Å²) < 4.78 is 5.09. The van der Waals surface area contributed by atoms with Crippen molar-refractivity contribution >= 4 is 22.5 Å². The Hall–Kier alpha value is -1.42. The summed E-state index contributed by atoms with van der Waals surface area (Å²) in [5.74, 6) is 1.59. The minimum absolute atomic E-state index is 0.152. The van der Waals surface area contributed by atoms with Crippen LogP contribution >= 0.6 is 11.8 Å². The van der Waals surface area contributed by atoms with Crippen LogP contribution in [0.2, 0.25) is 0 Å². The zero-order chi connectivity index (χ0) is 12.0. The number of hydrogen-bond donors (Lipinski definition) is 2. The van der Waals surface area contributed by atoms with Crippen molar-refractivity contribution in [2.45, 2.75) is 6.92 Å². The van der Waals surface area contributed by atoms with E-state index >= 15 is 0 Å². The first-order chi connectivity index (χ1) is 7.63. The van der Waals surface area contributed by atoms with E-state index in [1.54, 1.807) is 7.11 Å². The average Bonchev–Trinajstić information content (AvgIpc) is 2.28. The molecule has 1 aromatic rings. The molecule has 0 spiro atoms. The van der Waals surface area contributed by atoms with Crippen molar-refractivity contribution in [1.29, 1.82) is 5.41 Å². The summed E-state index contributed by atoms with van der Waals surface area (Å²) in [6.45, 7) is 2.04. The van der Waals surface area contributed by atoms with Crippen molar-refractivity contribution in [3.05, 3.63) is 35.9 Å². The van der Waals surface area contributed by atoms with E-state index in [0.29, 0.717) is 0 Å². The predicted octanol–water partition coefficient (Wildman–Crippen LogP) is 2.73. The number of hydrogen-bond acceptors (Lipinski definition) is 3. The Morgan fingerprint density at radius 2 is 2.06 bits per heavy atom. The average molecular weight is 236 g/mol. The van der Waals surface area contributed by atoms with Crippen LogP contribution in [-0.4, -0.2) is 18.0 Å². The van der Waals surface area contributed by atoms with Gasteiger partial charge in [0, 0.05) is 5.75 Å². The molecular formula is C12H16N2OS. The molecule has 0 aliphatic carbocycles. The van der Waals surface area contributed by atoms with E-state index in [1.165, 1.54) is 17.3 Å². The van der Waals surface area contributed by atoms with E-state index in [0.717, 1.165) is 17.1 Å². The quantitative estimate of drug-likeness (QED) is 0.624. The van der Waals surface area contributed by atoms with Gasteiger partial charge >= 0.3 is 0 Å². The summed E-state index contributed by atoms with van der Waals surface area (Å²) >= 11 is 1.32. The van der Waals surface area contributed by atoms with E-state index in [9.17, 15) is 0 Å². The molecule has 0 aliphatic rings. The van der Waals surface area contributed by atoms with Gasteiger partial charge in [-0.25, -0.2) is 0 Å². The molecule has 86 valence electrons. The van der Waals surface area contributed by atoms with Gasteiger partial charge in [0.15, 0.2) is 5.17 Å². The number of benzene rings is 1. The van der Waals surface area contributed by atoms with Gasteiger partial charge in [0.1, 0.15) is 5.75 Å². The SMILES string of the molecule is COc1ccc(/C(C)=C\CSC(=N)N)cc1. The van der Waals surface area contributed by atoms with Crippen molar-refractivity contribution in [2.75, 3.05) is 12.9 Å². The number of thioether (sulfide) groups is 1. The molecule has 0 heterocycles. The molecule has 0 amide bonds. The van der Waals surface area contributed by atoms with E-state index in [2.05, 4.69) is 6.08 Å². The molecule has 0 aromatic heterocycles. The molecular weight excluding hydrogens is 220 g/mol. The summed E-state index contributed by atoms with van der Waals surface area (Å²) in [7, 11) is 1.65. The summed E-state index contributed by atoms with van der Waals surface area (Å²) in [5.41, 5.74) is 7.59. The molecule has 3 N–H and O–H groups in total. The standard InChI is InChI=1S/C12H16N2OS/c1-9(7-8-16-12(13)14)10-3-5-11(15-2)6-4-10/h3-7H,8H2,1-2H3,(H3,13,14)/b9-7-. The minimum atomic E-state index is 0.152. The van der Waals surface area contributed by atoms with E-state index in [-0.39, 0.29) is 5.17 Å². The topological polar surface area (TPSA) is 59.1 Å². The van der Waals surface area contributed by atoms with Crippen LogP contribution in [0.25, 0.3) is 5.57 Å². The van der Waals surface area contributed by atoms with Gasteiger partial charge in [0.2, 0.25) is 0 Å². The number of ether oxygens (including phenoxy) is 1. The Kier molecular flexibility index (Phi) is 4.92. The fourth-order valence-electron chi connectivity index (χ4n) is 1.23. The van der Waals surface area contributed by atoms with Gasteiger partial charge in [-0.15, -0.1) is 0 Å². The van der Waals surface area contributed by atoms with Crippen molar-refractivity contribution in [3.8, 4) is 5.75 Å². The van der Waals surface area contributed by atoms with Gasteiger partial charge < -0.3 is 10.5 Å². The Balaban J connectivity index is 2.64. The number of nitrogens with one attached hydrogen (secondary N) is 1. The van der Waals surface area contributed by atoms with Gasteiger partial charge in [-0.05, 0) is 30.2 Å². The lowest BCUT2D eigenvalue weighted by Crippen LogP contribution is -2.03. The van der Waals surface area contributed by atoms with E-state index < -0.39 is 0 Å². The lowest BCUT2D eigenvalue weighted by molar-refractivity contribution is 0.415. The van der Waals surface area contributed by atoms with E-state index in [1.807, 2.05) is 31.2 Å². The zero-order valence-electron chi connectivity index (χ0n) is 9.49. The molecule has 1 aromatic carbocycles. The molecule has 0 radical (unpaired) electrons. The van der Waals surface area contributed by atoms with Crippen LogP contribution in [0.4, 0.5) is 0 Å². The number of nitrogens with two attached hydrogens (primary N) is 1. The fraction of sp³-hybridized carbons (Fsp3) is 0.250. The number of rotatable bonds is 4. The molecule has 0 bridgehead atoms. The minimum Gasteiger partial charge on any atom is -0.497 e. The van der Waals surface area contributed by atoms with E-state index in [4.69, 9.17) is 15.9 Å². The van der Waals surface area contributed by atoms with Gasteiger partial charge in [0.25, 0.3) is 0 Å². The smallest absolute Gasteiger partial charge is 0.151 e. The predicted molar refractivity (Wildman–Crippen MR) is 71.0 cm³/mol. The van der Waals surface area contributed by atoms with Crippen LogP contribution in [0.1, 0.15) is 12.5 Å². The molecule has 0 fully saturated rings. The molecule has 16 heavy (non-hydrogen) atoms. The summed E-state index contributed by atoms with van der Waals surface area (Å²) in [5, 5.41) is 7.24. The Bertz CT molecular complexity index is 385. The van der Waals surface area contributed by atoms with Crippen LogP contribution in [-0.2, 0) is 0 Å². The van der Waals surface area contributed by atoms with Crippen molar-refractivity contribution < 1.29 is 4.74 Å². The van der Waals surface area contributed by atoms with Crippen LogP contribution in [0.5, 0.6) is 5.75 Å². The first-order valence-corrected chi connectivity index (χ1v) is 5.90. The van der Waals surface area contributed by atoms with Gasteiger partial charge in [-0.1, -0.05) is 30.0 Å².